The van der Waals surface area contributed by atoms with E-state index in [9.17, 15) is 0 Å². The van der Waals surface area contributed by atoms with Gasteiger partial charge in [0.05, 0.1) is 12.2 Å². The summed E-state index contributed by atoms with van der Waals surface area (Å²) in [6.07, 6.45) is 6.13. The third-order valence-electron chi connectivity index (χ3n) is 5.29. The van der Waals surface area contributed by atoms with Crippen LogP contribution < -0.4 is 5.32 Å². The molecule has 0 bridgehead atoms. The summed E-state index contributed by atoms with van der Waals surface area (Å²) in [5.74, 6) is 0.798. The van der Waals surface area contributed by atoms with Crippen LogP contribution in [-0.2, 0) is 11.3 Å². The molecule has 2 aliphatic heterocycles. The van der Waals surface area contributed by atoms with Crippen molar-refractivity contribution in [3.05, 3.63) is 47.8 Å². The second-order valence-electron chi connectivity index (χ2n) is 7.27. The summed E-state index contributed by atoms with van der Waals surface area (Å²) >= 11 is 0. The molecule has 2 saturated heterocycles. The molecule has 2 aliphatic rings. The first-order chi connectivity index (χ1) is 12.2. The Balaban J connectivity index is 1.36. The van der Waals surface area contributed by atoms with E-state index in [0.717, 1.165) is 63.6 Å². The molecule has 25 heavy (non-hydrogen) atoms. The first-order valence-corrected chi connectivity index (χ1v) is 9.18. The quantitative estimate of drug-likeness (QED) is 0.931. The monoisotopic (exact) mass is 338 g/mol. The molecular weight excluding hydrogens is 312 g/mol. The van der Waals surface area contributed by atoms with Crippen LogP contribution in [0.2, 0.25) is 0 Å². The first-order valence-electron chi connectivity index (χ1n) is 9.18. The number of piperidine rings is 1. The van der Waals surface area contributed by atoms with Gasteiger partial charge < -0.3 is 10.1 Å². The highest BCUT2D eigenvalue weighted by Crippen LogP contribution is 2.28. The fourth-order valence-corrected chi connectivity index (χ4v) is 3.77. The molecule has 1 spiro atoms. The van der Waals surface area contributed by atoms with E-state index in [0.29, 0.717) is 0 Å². The average molecular weight is 338 g/mol. The van der Waals surface area contributed by atoms with Crippen LogP contribution in [0.1, 0.15) is 24.0 Å². The summed E-state index contributed by atoms with van der Waals surface area (Å²) < 4.78 is 6.07. The Morgan fingerprint density at radius 1 is 1.20 bits per heavy atom. The number of nitrogens with zero attached hydrogens (tertiary/aromatic N) is 3. The van der Waals surface area contributed by atoms with Gasteiger partial charge >= 0.3 is 0 Å². The predicted molar refractivity (Wildman–Crippen MR) is 98.3 cm³/mol. The van der Waals surface area contributed by atoms with Gasteiger partial charge in [-0.25, -0.2) is 9.97 Å². The van der Waals surface area contributed by atoms with Crippen LogP contribution in [0.25, 0.3) is 11.4 Å². The van der Waals surface area contributed by atoms with Crippen LogP contribution in [0, 0.1) is 6.92 Å². The van der Waals surface area contributed by atoms with E-state index in [2.05, 4.69) is 45.3 Å². The van der Waals surface area contributed by atoms with E-state index in [1.807, 2.05) is 18.5 Å². The van der Waals surface area contributed by atoms with Crippen molar-refractivity contribution < 1.29 is 4.74 Å². The predicted octanol–water partition coefficient (Wildman–Crippen LogP) is 2.41. The lowest BCUT2D eigenvalue weighted by atomic mass is 9.90. The summed E-state index contributed by atoms with van der Waals surface area (Å²) in [5, 5.41) is 3.47. The smallest absolute Gasteiger partial charge is 0.159 e. The molecule has 1 N–H and O–H groups in total. The Morgan fingerprint density at radius 2 is 2.00 bits per heavy atom. The normalized spacial score (nSPS) is 20.7. The number of hydrogen-bond acceptors (Lipinski definition) is 5. The number of ether oxygens (including phenoxy) is 1. The van der Waals surface area contributed by atoms with E-state index in [1.165, 1.54) is 11.1 Å². The molecule has 132 valence electrons. The van der Waals surface area contributed by atoms with E-state index in [-0.39, 0.29) is 5.60 Å². The zero-order chi connectivity index (χ0) is 17.1. The first kappa shape index (κ1) is 16.6. The summed E-state index contributed by atoms with van der Waals surface area (Å²) in [7, 11) is 0. The molecule has 0 saturated carbocycles. The SMILES string of the molecule is Cc1cccc(-c2ncc(CN3CCC4(CC3)CNCCO4)cn2)c1. The minimum atomic E-state index is 0.0697. The number of hydrogen-bond donors (Lipinski definition) is 1. The second kappa shape index (κ2) is 7.20. The van der Waals surface area contributed by atoms with Crippen molar-refractivity contribution in [3.63, 3.8) is 0 Å². The lowest BCUT2D eigenvalue weighted by Gasteiger charge is -2.44. The molecule has 2 aromatic rings. The largest absolute Gasteiger partial charge is 0.372 e. The van der Waals surface area contributed by atoms with Crippen LogP contribution >= 0.6 is 0 Å². The number of aromatic nitrogens is 2. The molecule has 0 amide bonds. The molecule has 1 aromatic heterocycles. The number of rotatable bonds is 3. The zero-order valence-corrected chi connectivity index (χ0v) is 14.9. The van der Waals surface area contributed by atoms with Crippen molar-refractivity contribution in [2.45, 2.75) is 31.9 Å². The molecule has 0 unspecified atom stereocenters. The van der Waals surface area contributed by atoms with Gasteiger partial charge in [-0.05, 0) is 25.8 Å². The number of morpholine rings is 1. The highest BCUT2D eigenvalue weighted by Gasteiger charge is 2.36. The molecule has 5 nitrogen and oxygen atoms in total. The fraction of sp³-hybridized carbons (Fsp3) is 0.500. The van der Waals surface area contributed by atoms with Crippen molar-refractivity contribution in [1.82, 2.24) is 20.2 Å². The highest BCUT2D eigenvalue weighted by molar-refractivity contribution is 5.55. The van der Waals surface area contributed by atoms with E-state index < -0.39 is 0 Å². The molecule has 4 rings (SSSR count). The highest BCUT2D eigenvalue weighted by atomic mass is 16.5. The minimum absolute atomic E-state index is 0.0697. The van der Waals surface area contributed by atoms with Crippen LogP contribution in [-0.4, -0.2) is 53.3 Å². The maximum Gasteiger partial charge on any atom is 0.159 e. The van der Waals surface area contributed by atoms with Gasteiger partial charge in [-0.3, -0.25) is 4.90 Å². The summed E-state index contributed by atoms with van der Waals surface area (Å²) in [4.78, 5) is 11.6. The molecule has 5 heteroatoms. The topological polar surface area (TPSA) is 50.3 Å². The standard InChI is InChI=1S/C20H26N4O/c1-16-3-2-4-18(11-16)19-22-12-17(13-23-19)14-24-8-5-20(6-9-24)15-21-7-10-25-20/h2-4,11-13,21H,5-10,14-15H2,1H3. The van der Waals surface area contributed by atoms with Gasteiger partial charge in [-0.15, -0.1) is 0 Å². The molecule has 3 heterocycles. The molecular formula is C20H26N4O. The third-order valence-corrected chi connectivity index (χ3v) is 5.29. The van der Waals surface area contributed by atoms with Gasteiger partial charge in [-0.2, -0.15) is 0 Å². The Hall–Kier alpha value is -1.82. The van der Waals surface area contributed by atoms with Crippen LogP contribution in [0.5, 0.6) is 0 Å². The van der Waals surface area contributed by atoms with Gasteiger partial charge in [0.2, 0.25) is 0 Å². The summed E-state index contributed by atoms with van der Waals surface area (Å²) in [6.45, 7) is 7.96. The molecule has 0 atom stereocenters. The number of nitrogens with one attached hydrogen (secondary N) is 1. The van der Waals surface area contributed by atoms with E-state index >= 15 is 0 Å². The van der Waals surface area contributed by atoms with Crippen molar-refractivity contribution in [2.75, 3.05) is 32.8 Å². The van der Waals surface area contributed by atoms with Crippen molar-refractivity contribution in [1.29, 1.82) is 0 Å². The molecule has 0 aliphatic carbocycles. The maximum absolute atomic E-state index is 6.07. The van der Waals surface area contributed by atoms with Gasteiger partial charge in [0.15, 0.2) is 5.82 Å². The molecule has 0 radical (unpaired) electrons. The average Bonchev–Trinajstić information content (AvgIpc) is 2.65. The van der Waals surface area contributed by atoms with Gasteiger partial charge in [0.25, 0.3) is 0 Å². The van der Waals surface area contributed by atoms with Crippen LogP contribution in [0.4, 0.5) is 0 Å². The van der Waals surface area contributed by atoms with E-state index in [4.69, 9.17) is 4.74 Å². The Labute approximate surface area is 149 Å². The molecule has 1 aromatic carbocycles. The lowest BCUT2D eigenvalue weighted by molar-refractivity contribution is -0.100. The number of likely N-dealkylation sites (tertiary alicyclic amines) is 1. The number of benzene rings is 1. The Kier molecular flexibility index (Phi) is 4.79. The Morgan fingerprint density at radius 3 is 2.68 bits per heavy atom. The summed E-state index contributed by atoms with van der Waals surface area (Å²) in [5.41, 5.74) is 3.55. The second-order valence-corrected chi connectivity index (χ2v) is 7.27. The third kappa shape index (κ3) is 3.89. The van der Waals surface area contributed by atoms with Crippen LogP contribution in [0.3, 0.4) is 0 Å². The van der Waals surface area contributed by atoms with Crippen molar-refractivity contribution in [2.24, 2.45) is 0 Å². The van der Waals surface area contributed by atoms with E-state index in [1.54, 1.807) is 0 Å². The van der Waals surface area contributed by atoms with Crippen LogP contribution in [0.15, 0.2) is 36.7 Å². The van der Waals surface area contributed by atoms with Gasteiger partial charge in [0.1, 0.15) is 0 Å². The fourth-order valence-electron chi connectivity index (χ4n) is 3.77. The minimum Gasteiger partial charge on any atom is -0.372 e. The van der Waals surface area contributed by atoms with Crippen molar-refractivity contribution in [3.8, 4) is 11.4 Å². The molecule has 2 fully saturated rings. The number of aryl methyl sites for hydroxylation is 1. The van der Waals surface area contributed by atoms with Gasteiger partial charge in [0, 0.05) is 56.2 Å². The Bertz CT molecular complexity index is 700. The summed E-state index contributed by atoms with van der Waals surface area (Å²) in [6, 6.07) is 8.32. The van der Waals surface area contributed by atoms with Gasteiger partial charge in [-0.1, -0.05) is 23.8 Å². The van der Waals surface area contributed by atoms with Crippen molar-refractivity contribution >= 4 is 0 Å². The lowest BCUT2D eigenvalue weighted by Crippen LogP contribution is -2.55. The maximum atomic E-state index is 6.07. The zero-order valence-electron chi connectivity index (χ0n) is 14.9.